The highest BCUT2D eigenvalue weighted by atomic mass is 79.9. The minimum absolute atomic E-state index is 0.0822. The Bertz CT molecular complexity index is 609. The lowest BCUT2D eigenvalue weighted by molar-refractivity contribution is 0.102. The summed E-state index contributed by atoms with van der Waals surface area (Å²) in [6.07, 6.45) is 2.62. The van der Waals surface area contributed by atoms with Gasteiger partial charge in [0, 0.05) is 4.47 Å². The van der Waals surface area contributed by atoms with E-state index in [1.54, 1.807) is 0 Å². The molecule has 1 aromatic heterocycles. The predicted octanol–water partition coefficient (Wildman–Crippen LogP) is 3.28. The van der Waals surface area contributed by atoms with Crippen LogP contribution in [0.5, 0.6) is 0 Å². The molecule has 0 spiro atoms. The lowest BCUT2D eigenvalue weighted by Crippen LogP contribution is -2.14. The average Bonchev–Trinajstić information content (AvgIpc) is 2.32. The van der Waals surface area contributed by atoms with Crippen LogP contribution >= 0.6 is 27.5 Å². The van der Waals surface area contributed by atoms with Crippen LogP contribution in [0.15, 0.2) is 35.1 Å². The van der Waals surface area contributed by atoms with Crippen molar-refractivity contribution in [3.63, 3.8) is 0 Å². The molecule has 0 saturated heterocycles. The normalized spacial score (nSPS) is 10.2. The van der Waals surface area contributed by atoms with E-state index >= 15 is 0 Å². The minimum Gasteiger partial charge on any atom is -0.320 e. The number of halogens is 3. The molecule has 2 aromatic rings. The van der Waals surface area contributed by atoms with Crippen molar-refractivity contribution in [1.82, 2.24) is 9.97 Å². The van der Waals surface area contributed by atoms with E-state index in [0.29, 0.717) is 10.2 Å². The van der Waals surface area contributed by atoms with E-state index in [1.807, 2.05) is 0 Å². The molecule has 0 atom stereocenters. The predicted molar refractivity (Wildman–Crippen MR) is 69.1 cm³/mol. The van der Waals surface area contributed by atoms with Gasteiger partial charge in [0.2, 0.25) is 0 Å². The number of nitrogens with one attached hydrogen (secondary N) is 1. The van der Waals surface area contributed by atoms with Gasteiger partial charge in [-0.1, -0.05) is 11.6 Å². The number of aromatic nitrogens is 2. The first kappa shape index (κ1) is 12.9. The SMILES string of the molecule is O=C(Nc1ccc(F)cc1Br)c1cncc(Cl)n1. The molecule has 1 aromatic carbocycles. The second-order valence-electron chi connectivity index (χ2n) is 3.31. The van der Waals surface area contributed by atoms with E-state index in [2.05, 4.69) is 31.2 Å². The Morgan fingerprint density at radius 3 is 2.83 bits per heavy atom. The first-order chi connectivity index (χ1) is 8.56. The van der Waals surface area contributed by atoms with E-state index in [4.69, 9.17) is 11.6 Å². The molecule has 0 unspecified atom stereocenters. The summed E-state index contributed by atoms with van der Waals surface area (Å²) in [5, 5.41) is 2.69. The maximum Gasteiger partial charge on any atom is 0.275 e. The molecule has 1 amide bonds. The van der Waals surface area contributed by atoms with Crippen molar-refractivity contribution in [2.24, 2.45) is 0 Å². The van der Waals surface area contributed by atoms with Crippen LogP contribution in [0, 0.1) is 5.82 Å². The third kappa shape index (κ3) is 3.02. The van der Waals surface area contributed by atoms with Crippen molar-refractivity contribution in [3.8, 4) is 0 Å². The van der Waals surface area contributed by atoms with Gasteiger partial charge in [-0.3, -0.25) is 9.78 Å². The molecule has 0 saturated carbocycles. The monoisotopic (exact) mass is 329 g/mol. The Morgan fingerprint density at radius 2 is 2.17 bits per heavy atom. The molecule has 0 radical (unpaired) electrons. The number of carbonyl (C=O) groups excluding carboxylic acids is 1. The number of hydrogen-bond donors (Lipinski definition) is 1. The zero-order chi connectivity index (χ0) is 13.1. The first-order valence-corrected chi connectivity index (χ1v) is 5.97. The summed E-state index contributed by atoms with van der Waals surface area (Å²) in [4.78, 5) is 19.4. The van der Waals surface area contributed by atoms with Gasteiger partial charge in [0.1, 0.15) is 16.7 Å². The van der Waals surface area contributed by atoms with Crippen molar-refractivity contribution in [1.29, 1.82) is 0 Å². The lowest BCUT2D eigenvalue weighted by atomic mass is 10.3. The largest absolute Gasteiger partial charge is 0.320 e. The molecule has 0 fully saturated rings. The summed E-state index contributed by atoms with van der Waals surface area (Å²) in [5.41, 5.74) is 0.516. The molecule has 0 aliphatic rings. The van der Waals surface area contributed by atoms with Crippen molar-refractivity contribution in [2.45, 2.75) is 0 Å². The van der Waals surface area contributed by atoms with Crippen LogP contribution in [-0.4, -0.2) is 15.9 Å². The second-order valence-corrected chi connectivity index (χ2v) is 4.55. The lowest BCUT2D eigenvalue weighted by Gasteiger charge is -2.06. The summed E-state index contributed by atoms with van der Waals surface area (Å²) >= 11 is 8.78. The molecular formula is C11H6BrClFN3O. The number of rotatable bonds is 2. The van der Waals surface area contributed by atoms with Gasteiger partial charge in [-0.15, -0.1) is 0 Å². The van der Waals surface area contributed by atoms with Crippen molar-refractivity contribution >= 4 is 39.1 Å². The van der Waals surface area contributed by atoms with Gasteiger partial charge in [-0.25, -0.2) is 9.37 Å². The van der Waals surface area contributed by atoms with Gasteiger partial charge in [0.05, 0.1) is 18.1 Å². The Hall–Kier alpha value is -1.53. The van der Waals surface area contributed by atoms with Crippen LogP contribution in [0.1, 0.15) is 10.5 Å². The van der Waals surface area contributed by atoms with E-state index in [0.717, 1.165) is 0 Å². The highest BCUT2D eigenvalue weighted by molar-refractivity contribution is 9.10. The fraction of sp³-hybridized carbons (Fsp3) is 0. The van der Waals surface area contributed by atoms with E-state index in [1.165, 1.54) is 30.6 Å². The average molecular weight is 331 g/mol. The molecule has 92 valence electrons. The zero-order valence-corrected chi connectivity index (χ0v) is 11.2. The van der Waals surface area contributed by atoms with Gasteiger partial charge in [-0.2, -0.15) is 0 Å². The Kier molecular flexibility index (Phi) is 3.88. The Balaban J connectivity index is 2.21. The van der Waals surface area contributed by atoms with E-state index < -0.39 is 11.7 Å². The van der Waals surface area contributed by atoms with Crippen LogP contribution in [0.4, 0.5) is 10.1 Å². The maximum absolute atomic E-state index is 12.9. The third-order valence-electron chi connectivity index (χ3n) is 2.02. The second kappa shape index (κ2) is 5.41. The number of hydrogen-bond acceptors (Lipinski definition) is 3. The van der Waals surface area contributed by atoms with Crippen molar-refractivity contribution < 1.29 is 9.18 Å². The van der Waals surface area contributed by atoms with Gasteiger partial charge < -0.3 is 5.32 Å². The molecule has 0 aliphatic carbocycles. The Morgan fingerprint density at radius 1 is 1.39 bits per heavy atom. The molecule has 0 bridgehead atoms. The summed E-state index contributed by atoms with van der Waals surface area (Å²) in [7, 11) is 0. The molecular weight excluding hydrogens is 324 g/mol. The number of carbonyl (C=O) groups is 1. The first-order valence-electron chi connectivity index (χ1n) is 4.80. The molecule has 1 heterocycles. The number of anilines is 1. The smallest absolute Gasteiger partial charge is 0.275 e. The highest BCUT2D eigenvalue weighted by Crippen LogP contribution is 2.23. The van der Waals surface area contributed by atoms with Gasteiger partial charge in [-0.05, 0) is 34.1 Å². The molecule has 7 heteroatoms. The van der Waals surface area contributed by atoms with Crippen molar-refractivity contribution in [3.05, 3.63) is 51.7 Å². The molecule has 0 aliphatic heterocycles. The molecule has 1 N–H and O–H groups in total. The van der Waals surface area contributed by atoms with Crippen LogP contribution in [-0.2, 0) is 0 Å². The molecule has 2 rings (SSSR count). The van der Waals surface area contributed by atoms with Crippen LogP contribution < -0.4 is 5.32 Å². The van der Waals surface area contributed by atoms with E-state index in [-0.39, 0.29) is 10.8 Å². The molecule has 18 heavy (non-hydrogen) atoms. The Labute approximate surface area is 115 Å². The summed E-state index contributed by atoms with van der Waals surface area (Å²) in [5.74, 6) is -0.875. The van der Waals surface area contributed by atoms with Gasteiger partial charge in [0.25, 0.3) is 5.91 Å². The maximum atomic E-state index is 12.9. The zero-order valence-electron chi connectivity index (χ0n) is 8.82. The van der Waals surface area contributed by atoms with Crippen LogP contribution in [0.3, 0.4) is 0 Å². The highest BCUT2D eigenvalue weighted by Gasteiger charge is 2.11. The van der Waals surface area contributed by atoms with Gasteiger partial charge >= 0.3 is 0 Å². The van der Waals surface area contributed by atoms with Gasteiger partial charge in [0.15, 0.2) is 0 Å². The molecule has 4 nitrogen and oxygen atoms in total. The summed E-state index contributed by atoms with van der Waals surface area (Å²) in [6, 6.07) is 3.93. The minimum atomic E-state index is -0.475. The van der Waals surface area contributed by atoms with Crippen LogP contribution in [0.25, 0.3) is 0 Å². The number of nitrogens with zero attached hydrogens (tertiary/aromatic N) is 2. The summed E-state index contributed by atoms with van der Waals surface area (Å²) < 4.78 is 13.3. The number of benzene rings is 1. The fourth-order valence-corrected chi connectivity index (χ4v) is 1.83. The van der Waals surface area contributed by atoms with E-state index in [9.17, 15) is 9.18 Å². The van der Waals surface area contributed by atoms with Crippen molar-refractivity contribution in [2.75, 3.05) is 5.32 Å². The standard InChI is InChI=1S/C11H6BrClFN3O/c12-7-3-6(14)1-2-8(7)17-11(18)9-4-15-5-10(13)16-9/h1-5H,(H,17,18). The third-order valence-corrected chi connectivity index (χ3v) is 2.86. The fourth-order valence-electron chi connectivity index (χ4n) is 1.23. The summed E-state index contributed by atoms with van der Waals surface area (Å²) in [6.45, 7) is 0. The topological polar surface area (TPSA) is 54.9 Å². The van der Waals surface area contributed by atoms with Crippen LogP contribution in [0.2, 0.25) is 5.15 Å². The quantitative estimate of drug-likeness (QED) is 0.919. The number of amides is 1.